The summed E-state index contributed by atoms with van der Waals surface area (Å²) in [6, 6.07) is 5.63. The first kappa shape index (κ1) is 12.4. The summed E-state index contributed by atoms with van der Waals surface area (Å²) < 4.78 is 6.49. The van der Waals surface area contributed by atoms with E-state index in [0.717, 1.165) is 10.9 Å². The molecule has 5 heteroatoms. The van der Waals surface area contributed by atoms with Crippen LogP contribution in [0, 0.1) is 6.92 Å². The number of nitrogens with zero attached hydrogens (tertiary/aromatic N) is 2. The molecule has 5 nitrogen and oxygen atoms in total. The molecule has 0 aliphatic rings. The SMILES string of the molecule is Cc1ccc2c(c1)c(N)nn2C(=O)OC(C)(C)C. The lowest BCUT2D eigenvalue weighted by molar-refractivity contribution is 0.0523. The standard InChI is InChI=1S/C13H17N3O2/c1-8-5-6-10-9(7-8)11(14)15-16(10)12(17)18-13(2,3)4/h5-7H,1-4H3,(H2,14,15). The van der Waals surface area contributed by atoms with Gasteiger partial charge in [-0.05, 0) is 39.8 Å². The summed E-state index contributed by atoms with van der Waals surface area (Å²) in [5.74, 6) is 0.333. The number of fused-ring (bicyclic) bond motifs is 1. The second kappa shape index (κ2) is 4.01. The van der Waals surface area contributed by atoms with Gasteiger partial charge in [0.15, 0.2) is 5.82 Å². The summed E-state index contributed by atoms with van der Waals surface area (Å²) in [5, 5.41) is 4.80. The quantitative estimate of drug-likeness (QED) is 0.777. The van der Waals surface area contributed by atoms with Crippen LogP contribution in [0.25, 0.3) is 10.9 Å². The van der Waals surface area contributed by atoms with E-state index in [9.17, 15) is 4.79 Å². The van der Waals surface area contributed by atoms with Gasteiger partial charge in [0, 0.05) is 5.39 Å². The van der Waals surface area contributed by atoms with Gasteiger partial charge in [0.2, 0.25) is 0 Å². The molecule has 18 heavy (non-hydrogen) atoms. The Morgan fingerprint density at radius 2 is 2.06 bits per heavy atom. The molecule has 96 valence electrons. The molecule has 1 aromatic carbocycles. The van der Waals surface area contributed by atoms with Crippen LogP contribution in [-0.2, 0) is 4.74 Å². The summed E-state index contributed by atoms with van der Waals surface area (Å²) in [5.41, 5.74) is 6.97. The summed E-state index contributed by atoms with van der Waals surface area (Å²) in [6.07, 6.45) is -0.520. The van der Waals surface area contributed by atoms with Gasteiger partial charge in [0.25, 0.3) is 0 Å². The van der Waals surface area contributed by atoms with Crippen LogP contribution in [0.5, 0.6) is 0 Å². The Kier molecular flexibility index (Phi) is 2.77. The van der Waals surface area contributed by atoms with Crippen molar-refractivity contribution in [3.63, 3.8) is 0 Å². The maximum Gasteiger partial charge on any atom is 0.435 e. The molecular formula is C13H17N3O2. The number of nitrogen functional groups attached to an aromatic ring is 1. The first-order chi connectivity index (χ1) is 8.28. The molecule has 2 aromatic rings. The van der Waals surface area contributed by atoms with E-state index in [4.69, 9.17) is 10.5 Å². The van der Waals surface area contributed by atoms with Crippen LogP contribution in [-0.4, -0.2) is 21.5 Å². The first-order valence-electron chi connectivity index (χ1n) is 5.76. The van der Waals surface area contributed by atoms with Gasteiger partial charge in [0.1, 0.15) is 5.60 Å². The largest absolute Gasteiger partial charge is 0.442 e. The monoisotopic (exact) mass is 247 g/mol. The average molecular weight is 247 g/mol. The summed E-state index contributed by atoms with van der Waals surface area (Å²) >= 11 is 0. The smallest absolute Gasteiger partial charge is 0.435 e. The molecule has 0 bridgehead atoms. The maximum absolute atomic E-state index is 12.0. The molecule has 0 amide bonds. The Morgan fingerprint density at radius 1 is 1.39 bits per heavy atom. The van der Waals surface area contributed by atoms with Crippen molar-refractivity contribution in [1.82, 2.24) is 9.78 Å². The van der Waals surface area contributed by atoms with Crippen LogP contribution in [0.2, 0.25) is 0 Å². The van der Waals surface area contributed by atoms with E-state index in [1.54, 1.807) is 0 Å². The Labute approximate surface area is 106 Å². The van der Waals surface area contributed by atoms with Gasteiger partial charge in [-0.15, -0.1) is 5.10 Å². The van der Waals surface area contributed by atoms with Crippen molar-refractivity contribution >= 4 is 22.8 Å². The number of aryl methyl sites for hydroxylation is 1. The van der Waals surface area contributed by atoms with Gasteiger partial charge in [0.05, 0.1) is 5.52 Å². The van der Waals surface area contributed by atoms with Gasteiger partial charge < -0.3 is 10.5 Å². The molecule has 0 unspecified atom stereocenters. The van der Waals surface area contributed by atoms with Crippen molar-refractivity contribution in [2.24, 2.45) is 0 Å². The van der Waals surface area contributed by atoms with Gasteiger partial charge in [-0.1, -0.05) is 11.6 Å². The first-order valence-corrected chi connectivity index (χ1v) is 5.76. The van der Waals surface area contributed by atoms with Crippen molar-refractivity contribution in [1.29, 1.82) is 0 Å². The normalized spacial score (nSPS) is 11.8. The lowest BCUT2D eigenvalue weighted by Crippen LogP contribution is -2.27. The van der Waals surface area contributed by atoms with E-state index in [0.29, 0.717) is 11.3 Å². The Hall–Kier alpha value is -2.04. The highest BCUT2D eigenvalue weighted by Gasteiger charge is 2.21. The summed E-state index contributed by atoms with van der Waals surface area (Å²) in [7, 11) is 0. The third-order valence-corrected chi connectivity index (χ3v) is 2.43. The summed E-state index contributed by atoms with van der Waals surface area (Å²) in [6.45, 7) is 7.39. The second-order valence-electron chi connectivity index (χ2n) is 5.30. The van der Waals surface area contributed by atoms with E-state index in [1.807, 2.05) is 45.9 Å². The molecule has 0 fully saturated rings. The molecule has 1 heterocycles. The topological polar surface area (TPSA) is 70.1 Å². The fourth-order valence-corrected chi connectivity index (χ4v) is 1.70. The van der Waals surface area contributed by atoms with Crippen LogP contribution >= 0.6 is 0 Å². The number of carbonyl (C=O) groups is 1. The van der Waals surface area contributed by atoms with Gasteiger partial charge in [-0.25, -0.2) is 4.79 Å². The molecule has 0 aliphatic carbocycles. The van der Waals surface area contributed by atoms with E-state index in [2.05, 4.69) is 5.10 Å². The number of aromatic nitrogens is 2. The zero-order valence-corrected chi connectivity index (χ0v) is 11.0. The van der Waals surface area contributed by atoms with Crippen molar-refractivity contribution in [3.05, 3.63) is 23.8 Å². The number of anilines is 1. The zero-order valence-electron chi connectivity index (χ0n) is 11.0. The Morgan fingerprint density at radius 3 is 2.67 bits per heavy atom. The molecule has 2 N–H and O–H groups in total. The van der Waals surface area contributed by atoms with Crippen LogP contribution in [0.15, 0.2) is 18.2 Å². The predicted molar refractivity (Wildman–Crippen MR) is 70.5 cm³/mol. The van der Waals surface area contributed by atoms with Crippen molar-refractivity contribution in [2.75, 3.05) is 5.73 Å². The molecule has 0 spiro atoms. The Balaban J connectivity index is 2.49. The highest BCUT2D eigenvalue weighted by molar-refractivity contribution is 5.95. The lowest BCUT2D eigenvalue weighted by Gasteiger charge is -2.19. The van der Waals surface area contributed by atoms with Gasteiger partial charge in [-0.2, -0.15) is 4.68 Å². The fraction of sp³-hybridized carbons (Fsp3) is 0.385. The number of rotatable bonds is 0. The number of hydrogen-bond donors (Lipinski definition) is 1. The number of ether oxygens (including phenoxy) is 1. The van der Waals surface area contributed by atoms with E-state index in [1.165, 1.54) is 4.68 Å². The van der Waals surface area contributed by atoms with Crippen molar-refractivity contribution in [3.8, 4) is 0 Å². The predicted octanol–water partition coefficient (Wildman–Crippen LogP) is 2.71. The highest BCUT2D eigenvalue weighted by atomic mass is 16.6. The number of nitrogens with two attached hydrogens (primary N) is 1. The highest BCUT2D eigenvalue weighted by Crippen LogP contribution is 2.22. The number of hydrogen-bond acceptors (Lipinski definition) is 4. The van der Waals surface area contributed by atoms with Crippen LogP contribution in [0.1, 0.15) is 26.3 Å². The van der Waals surface area contributed by atoms with Crippen LogP contribution < -0.4 is 5.73 Å². The van der Waals surface area contributed by atoms with E-state index in [-0.39, 0.29) is 0 Å². The third kappa shape index (κ3) is 2.30. The summed E-state index contributed by atoms with van der Waals surface area (Å²) in [4.78, 5) is 12.0. The maximum atomic E-state index is 12.0. The molecule has 0 saturated heterocycles. The van der Waals surface area contributed by atoms with E-state index < -0.39 is 11.7 Å². The lowest BCUT2D eigenvalue weighted by atomic mass is 10.2. The minimum absolute atomic E-state index is 0.333. The Bertz CT molecular complexity index is 608. The minimum Gasteiger partial charge on any atom is -0.442 e. The van der Waals surface area contributed by atoms with Crippen LogP contribution in [0.3, 0.4) is 0 Å². The van der Waals surface area contributed by atoms with Crippen molar-refractivity contribution < 1.29 is 9.53 Å². The zero-order chi connectivity index (χ0) is 13.5. The average Bonchev–Trinajstić information content (AvgIpc) is 2.54. The minimum atomic E-state index is -0.561. The molecule has 2 rings (SSSR count). The van der Waals surface area contributed by atoms with Crippen molar-refractivity contribution in [2.45, 2.75) is 33.3 Å². The number of benzene rings is 1. The van der Waals surface area contributed by atoms with E-state index >= 15 is 0 Å². The molecule has 0 aliphatic heterocycles. The second-order valence-corrected chi connectivity index (χ2v) is 5.30. The van der Waals surface area contributed by atoms with Gasteiger partial charge in [-0.3, -0.25) is 0 Å². The van der Waals surface area contributed by atoms with Gasteiger partial charge >= 0.3 is 6.09 Å². The molecule has 0 radical (unpaired) electrons. The molecular weight excluding hydrogens is 230 g/mol. The number of carbonyl (C=O) groups excluding carboxylic acids is 1. The molecule has 1 aromatic heterocycles. The molecule has 0 saturated carbocycles. The third-order valence-electron chi connectivity index (χ3n) is 2.43. The fourth-order valence-electron chi connectivity index (χ4n) is 1.70. The van der Waals surface area contributed by atoms with Crippen LogP contribution in [0.4, 0.5) is 10.6 Å². The molecule has 0 atom stereocenters.